The van der Waals surface area contributed by atoms with Crippen molar-refractivity contribution in [3.63, 3.8) is 0 Å². The fourth-order valence-electron chi connectivity index (χ4n) is 1.27. The Hall–Kier alpha value is -1.84. The van der Waals surface area contributed by atoms with Crippen molar-refractivity contribution in [2.24, 2.45) is 5.73 Å². The van der Waals surface area contributed by atoms with Crippen LogP contribution in [0.5, 0.6) is 0 Å². The fourth-order valence-corrected chi connectivity index (χ4v) is 1.27. The minimum absolute atomic E-state index is 0.196. The number of hydrogen-bond donors (Lipinski definition) is 2. The molecule has 0 aromatic carbocycles. The van der Waals surface area contributed by atoms with Gasteiger partial charge in [0.05, 0.1) is 23.8 Å². The van der Waals surface area contributed by atoms with E-state index in [0.29, 0.717) is 5.69 Å². The first kappa shape index (κ1) is 7.79. The molecule has 0 atom stereocenters. The third-order valence-electron chi connectivity index (χ3n) is 1.85. The quantitative estimate of drug-likeness (QED) is 0.701. The molecule has 0 aliphatic carbocycles. The Balaban J connectivity index is 2.42. The standard InChI is InChI=1S/C9H9N3O/c10-9(13)4-7-3-6-1-2-11-8(6)5-12-7/h1-3,5,11H,4H2,(H2,10,13). The number of amides is 1. The summed E-state index contributed by atoms with van der Waals surface area (Å²) in [5, 5.41) is 1.05. The Kier molecular flexibility index (Phi) is 1.73. The molecular weight excluding hydrogens is 166 g/mol. The summed E-state index contributed by atoms with van der Waals surface area (Å²) in [7, 11) is 0. The first-order chi connectivity index (χ1) is 6.25. The van der Waals surface area contributed by atoms with E-state index in [-0.39, 0.29) is 12.3 Å². The van der Waals surface area contributed by atoms with E-state index in [9.17, 15) is 4.79 Å². The molecule has 0 spiro atoms. The highest BCUT2D eigenvalue weighted by atomic mass is 16.1. The first-order valence-corrected chi connectivity index (χ1v) is 3.96. The van der Waals surface area contributed by atoms with E-state index in [2.05, 4.69) is 9.97 Å². The highest BCUT2D eigenvalue weighted by Gasteiger charge is 2.01. The van der Waals surface area contributed by atoms with Crippen molar-refractivity contribution >= 4 is 16.8 Å². The van der Waals surface area contributed by atoms with E-state index in [1.807, 2.05) is 18.3 Å². The van der Waals surface area contributed by atoms with Crippen molar-refractivity contribution in [1.29, 1.82) is 0 Å². The zero-order chi connectivity index (χ0) is 9.26. The number of nitrogens with one attached hydrogen (secondary N) is 1. The van der Waals surface area contributed by atoms with Crippen molar-refractivity contribution in [2.75, 3.05) is 0 Å². The molecule has 0 radical (unpaired) electrons. The van der Waals surface area contributed by atoms with Crippen molar-refractivity contribution in [1.82, 2.24) is 9.97 Å². The summed E-state index contributed by atoms with van der Waals surface area (Å²) < 4.78 is 0. The number of pyridine rings is 1. The third kappa shape index (κ3) is 1.51. The zero-order valence-electron chi connectivity index (χ0n) is 6.95. The molecule has 0 saturated heterocycles. The van der Waals surface area contributed by atoms with Crippen LogP contribution in [0.25, 0.3) is 10.9 Å². The summed E-state index contributed by atoms with van der Waals surface area (Å²) in [6.45, 7) is 0. The van der Waals surface area contributed by atoms with Crippen LogP contribution in [0.1, 0.15) is 5.69 Å². The van der Waals surface area contributed by atoms with E-state index in [4.69, 9.17) is 5.73 Å². The minimum Gasteiger partial charge on any atom is -0.369 e. The van der Waals surface area contributed by atoms with Crippen molar-refractivity contribution in [3.8, 4) is 0 Å². The maximum Gasteiger partial charge on any atom is 0.223 e. The lowest BCUT2D eigenvalue weighted by molar-refractivity contribution is -0.117. The van der Waals surface area contributed by atoms with E-state index < -0.39 is 0 Å². The van der Waals surface area contributed by atoms with Gasteiger partial charge in [-0.05, 0) is 12.1 Å². The number of primary amides is 1. The average Bonchev–Trinajstić information content (AvgIpc) is 2.49. The number of carbonyl (C=O) groups is 1. The van der Waals surface area contributed by atoms with Gasteiger partial charge in [-0.1, -0.05) is 0 Å². The molecule has 2 aromatic heterocycles. The van der Waals surface area contributed by atoms with E-state index in [1.165, 1.54) is 0 Å². The van der Waals surface area contributed by atoms with Crippen LogP contribution in [0.2, 0.25) is 0 Å². The van der Waals surface area contributed by atoms with Gasteiger partial charge in [-0.3, -0.25) is 9.78 Å². The van der Waals surface area contributed by atoms with Gasteiger partial charge in [0.2, 0.25) is 5.91 Å². The van der Waals surface area contributed by atoms with Gasteiger partial charge in [-0.15, -0.1) is 0 Å². The fraction of sp³-hybridized carbons (Fsp3) is 0.111. The summed E-state index contributed by atoms with van der Waals surface area (Å²) in [6, 6.07) is 3.79. The molecule has 2 heterocycles. The van der Waals surface area contributed by atoms with Crippen LogP contribution in [0.15, 0.2) is 24.5 Å². The van der Waals surface area contributed by atoms with E-state index in [0.717, 1.165) is 10.9 Å². The number of carbonyl (C=O) groups excluding carboxylic acids is 1. The normalized spacial score (nSPS) is 10.5. The predicted molar refractivity (Wildman–Crippen MR) is 49.0 cm³/mol. The maximum atomic E-state index is 10.6. The Morgan fingerprint density at radius 2 is 2.46 bits per heavy atom. The monoisotopic (exact) mass is 175 g/mol. The van der Waals surface area contributed by atoms with Crippen LogP contribution < -0.4 is 5.73 Å². The number of nitrogens with zero attached hydrogens (tertiary/aromatic N) is 1. The molecule has 4 nitrogen and oxygen atoms in total. The Morgan fingerprint density at radius 1 is 1.62 bits per heavy atom. The highest BCUT2D eigenvalue weighted by molar-refractivity contribution is 5.81. The SMILES string of the molecule is NC(=O)Cc1cc2cc[nH]c2cn1. The average molecular weight is 175 g/mol. The summed E-state index contributed by atoms with van der Waals surface area (Å²) in [4.78, 5) is 17.7. The second kappa shape index (κ2) is 2.90. The molecule has 2 aromatic rings. The van der Waals surface area contributed by atoms with E-state index >= 15 is 0 Å². The molecule has 0 unspecified atom stereocenters. The molecule has 1 amide bonds. The number of nitrogens with two attached hydrogens (primary N) is 1. The van der Waals surface area contributed by atoms with E-state index in [1.54, 1.807) is 6.20 Å². The van der Waals surface area contributed by atoms with Gasteiger partial charge in [-0.25, -0.2) is 0 Å². The zero-order valence-corrected chi connectivity index (χ0v) is 6.95. The van der Waals surface area contributed by atoms with Crippen LogP contribution in [0, 0.1) is 0 Å². The van der Waals surface area contributed by atoms with Crippen LogP contribution in [-0.4, -0.2) is 15.9 Å². The van der Waals surface area contributed by atoms with Gasteiger partial charge in [0.1, 0.15) is 0 Å². The third-order valence-corrected chi connectivity index (χ3v) is 1.85. The van der Waals surface area contributed by atoms with Crippen molar-refractivity contribution in [3.05, 3.63) is 30.2 Å². The van der Waals surface area contributed by atoms with Crippen LogP contribution in [-0.2, 0) is 11.2 Å². The predicted octanol–water partition coefficient (Wildman–Crippen LogP) is 0.591. The number of rotatable bonds is 2. The van der Waals surface area contributed by atoms with Gasteiger partial charge in [0.25, 0.3) is 0 Å². The molecule has 13 heavy (non-hydrogen) atoms. The van der Waals surface area contributed by atoms with Gasteiger partial charge in [0, 0.05) is 11.6 Å². The second-order valence-electron chi connectivity index (χ2n) is 2.88. The molecule has 66 valence electrons. The Morgan fingerprint density at radius 3 is 3.23 bits per heavy atom. The van der Waals surface area contributed by atoms with Gasteiger partial charge in [0.15, 0.2) is 0 Å². The van der Waals surface area contributed by atoms with Gasteiger partial charge < -0.3 is 10.7 Å². The molecule has 4 heteroatoms. The second-order valence-corrected chi connectivity index (χ2v) is 2.88. The largest absolute Gasteiger partial charge is 0.369 e. The Labute approximate surface area is 74.8 Å². The molecule has 0 bridgehead atoms. The van der Waals surface area contributed by atoms with Crippen LogP contribution >= 0.6 is 0 Å². The van der Waals surface area contributed by atoms with Crippen LogP contribution in [0.4, 0.5) is 0 Å². The maximum absolute atomic E-state index is 10.6. The Bertz CT molecular complexity index is 447. The molecule has 0 aliphatic heterocycles. The molecule has 2 rings (SSSR count). The van der Waals surface area contributed by atoms with Crippen molar-refractivity contribution < 1.29 is 4.79 Å². The summed E-state index contributed by atoms with van der Waals surface area (Å²) in [5.41, 5.74) is 6.73. The lowest BCUT2D eigenvalue weighted by Gasteiger charge is -1.96. The molecular formula is C9H9N3O. The molecule has 0 aliphatic rings. The lowest BCUT2D eigenvalue weighted by Crippen LogP contribution is -2.14. The number of fused-ring (bicyclic) bond motifs is 1. The molecule has 0 saturated carbocycles. The first-order valence-electron chi connectivity index (χ1n) is 3.96. The smallest absolute Gasteiger partial charge is 0.223 e. The van der Waals surface area contributed by atoms with Gasteiger partial charge >= 0.3 is 0 Å². The van der Waals surface area contributed by atoms with Gasteiger partial charge in [-0.2, -0.15) is 0 Å². The summed E-state index contributed by atoms with van der Waals surface area (Å²) in [5.74, 6) is -0.359. The highest BCUT2D eigenvalue weighted by Crippen LogP contribution is 2.11. The topological polar surface area (TPSA) is 71.8 Å². The molecule has 0 fully saturated rings. The lowest BCUT2D eigenvalue weighted by atomic mass is 10.2. The van der Waals surface area contributed by atoms with Crippen LogP contribution in [0.3, 0.4) is 0 Å². The minimum atomic E-state index is -0.359. The number of hydrogen-bond acceptors (Lipinski definition) is 2. The summed E-state index contributed by atoms with van der Waals surface area (Å²) >= 11 is 0. The summed E-state index contributed by atoms with van der Waals surface area (Å²) in [6.07, 6.45) is 3.73. The molecule has 3 N–H and O–H groups in total. The number of aromatic nitrogens is 2. The number of aromatic amines is 1. The van der Waals surface area contributed by atoms with Crippen molar-refractivity contribution in [2.45, 2.75) is 6.42 Å². The number of H-pyrrole nitrogens is 1.